The molecular formula is C91H80BrCl3F21N23O11. The number of hydrogen-bond acceptors (Lipinski definition) is 27. The predicted octanol–water partition coefficient (Wildman–Crippen LogP) is 19.6. The average molecular weight is 2260 g/mol. The van der Waals surface area contributed by atoms with Crippen LogP contribution >= 0.6 is 50.7 Å². The van der Waals surface area contributed by atoms with Gasteiger partial charge in [0.25, 0.3) is 29.5 Å². The topological polar surface area (TPSA) is 515 Å². The van der Waals surface area contributed by atoms with Crippen molar-refractivity contribution in [1.29, 1.82) is 5.26 Å². The minimum absolute atomic E-state index is 0.0478. The molecule has 0 unspecified atom stereocenters. The monoisotopic (exact) mass is 2250 g/mol. The second-order valence-electron chi connectivity index (χ2n) is 31.8. The Morgan fingerprint density at radius 3 is 1.01 bits per heavy atom. The number of rotatable bonds is 13. The molecule has 11 aromatic rings. The number of nitrogens with two attached hydrogens (primary N) is 6. The van der Waals surface area contributed by atoms with Gasteiger partial charge in [0.05, 0.1) is 116 Å². The molecule has 800 valence electrons. The van der Waals surface area contributed by atoms with Gasteiger partial charge in [0, 0.05) is 75.6 Å². The Labute approximate surface area is 857 Å². The largest absolute Gasteiger partial charge is 0.493 e. The number of carboxylic acids is 2. The number of para-hydroxylation sites is 2. The molecule has 34 nitrogen and oxygen atoms in total. The Kier molecular flexibility index (Phi) is 38.6. The smallest absolute Gasteiger partial charge is 0.434 e. The van der Waals surface area contributed by atoms with E-state index in [0.29, 0.717) is 123 Å². The van der Waals surface area contributed by atoms with Crippen LogP contribution in [0.1, 0.15) is 179 Å². The van der Waals surface area contributed by atoms with Crippen molar-refractivity contribution in [1.82, 2.24) is 69.4 Å². The zero-order chi connectivity index (χ0) is 112. The van der Waals surface area contributed by atoms with Crippen LogP contribution in [0.5, 0.6) is 11.5 Å². The number of carbonyl (C=O) groups is 7. The predicted molar refractivity (Wildman–Crippen MR) is 503 cm³/mol. The molecule has 0 saturated carbocycles. The highest BCUT2D eigenvalue weighted by molar-refractivity contribution is 9.10. The number of amides is 5. The first-order valence-corrected chi connectivity index (χ1v) is 44.7. The van der Waals surface area contributed by atoms with Crippen molar-refractivity contribution in [3.05, 3.63) is 260 Å². The summed E-state index contributed by atoms with van der Waals surface area (Å²) in [5, 5.41) is 32.7. The van der Waals surface area contributed by atoms with Gasteiger partial charge in [-0.15, -0.1) is 0 Å². The van der Waals surface area contributed by atoms with Crippen LogP contribution in [0.2, 0.25) is 15.2 Å². The fourth-order valence-corrected chi connectivity index (χ4v) is 15.6. The number of nitrogens with one attached hydrogen (secondary N) is 2. The number of fused-ring (bicyclic) bond motifs is 2. The Morgan fingerprint density at radius 2 is 0.680 bits per heavy atom. The molecule has 3 fully saturated rings. The molecular weight excluding hydrogens is 2180 g/mol. The van der Waals surface area contributed by atoms with E-state index < -0.39 is 146 Å². The lowest BCUT2D eigenvalue weighted by Crippen LogP contribution is -2.30. The molecule has 16 rings (SSSR count). The first kappa shape index (κ1) is 118. The number of ether oxygens (including phenoxy) is 2. The molecule has 5 amide bonds. The maximum atomic E-state index is 14.0. The van der Waals surface area contributed by atoms with Gasteiger partial charge in [-0.3, -0.25) is 29.0 Å². The summed E-state index contributed by atoms with van der Waals surface area (Å²) in [6.07, 6.45) is -28.2. The SMILES string of the molecule is COc1c(Cl)cccc1Nc1cc(Cc2ccc(C(=O)N3CCCC3)c(C(F)(F)F)n2)nc2c1C(=O)N(C)C2.COc1c(Cl)cccc1Nc1cc(Cl)nc2c1C(=O)N(C)C2.N#Cc1ccc(N)nc1C(F)(F)F.Nc1ccc(Br)c(C(F)(F)F)n1.Nc1ccc(C(=O)N2CCCC2)c(C(F)(F)F)n1.Nc1ccc(C(=O)N2CCCC2)c(C(F)(F)F)n1.Nc1ccc(C(=O)O)c(C(F)(F)F)n1.Nc1ccc(C(=O)O)c(C(F)(F)F)n1. The van der Waals surface area contributed by atoms with E-state index in [-0.39, 0.29) is 69.9 Å². The van der Waals surface area contributed by atoms with Gasteiger partial charge < -0.3 is 89.2 Å². The zero-order valence-electron chi connectivity index (χ0n) is 77.5. The highest BCUT2D eigenvalue weighted by Crippen LogP contribution is 2.44. The number of nitrogens with zero attached hydrogens (tertiary/aromatic N) is 15. The number of nitrogen functional groups attached to an aromatic ring is 6. The van der Waals surface area contributed by atoms with E-state index >= 15 is 0 Å². The van der Waals surface area contributed by atoms with Gasteiger partial charge >= 0.3 is 55.2 Å². The van der Waals surface area contributed by atoms with Crippen molar-refractivity contribution < 1.29 is 145 Å². The number of carbonyl (C=O) groups excluding carboxylic acids is 5. The number of likely N-dealkylation sites (tertiary alicyclic amines) is 3. The molecule has 0 bridgehead atoms. The van der Waals surface area contributed by atoms with Crippen molar-refractivity contribution in [2.45, 2.75) is 101 Å². The molecule has 3 saturated heterocycles. The van der Waals surface area contributed by atoms with E-state index in [2.05, 4.69) is 71.4 Å². The summed E-state index contributed by atoms with van der Waals surface area (Å²) in [7, 11) is 6.37. The molecule has 5 aliphatic rings. The van der Waals surface area contributed by atoms with Crippen LogP contribution in [0.4, 0.5) is 150 Å². The lowest BCUT2D eigenvalue weighted by Gasteiger charge is -2.19. The minimum Gasteiger partial charge on any atom is -0.493 e. The van der Waals surface area contributed by atoms with E-state index in [1.165, 1.54) is 76.3 Å². The van der Waals surface area contributed by atoms with E-state index in [1.807, 2.05) is 6.07 Å². The summed E-state index contributed by atoms with van der Waals surface area (Å²) in [6.45, 7) is 3.49. The molecule has 0 radical (unpaired) electrons. The number of nitriles is 1. The Balaban J connectivity index is 0.000000198. The summed E-state index contributed by atoms with van der Waals surface area (Å²) in [6, 6.07) is 30.4. The van der Waals surface area contributed by atoms with E-state index in [0.717, 1.165) is 87.1 Å². The standard InChI is InChI=1S/C27H25ClF3N5O3.C15H13Cl2N3O2.2C11H12F3N3O.C7H4F3N3.2C7H5F3N2O2.C6H4BrF3N2/c1-35-14-21-22(26(35)38)20(34-19-7-5-6-18(28)23(19)39-2)13-16(32-21)12-15-8-9-17(24(33-15)27(29,30)31)25(37)36-10-3-4-11-36;1-20-7-11-13(15(20)21)10(6-12(17)19-11)18-9-5-3-4-8(16)14(9)22-2;2*12-11(13,14)9-7(3-4-8(15)16-9)10(18)17-5-1-2-6-17;8-7(9,10)6-4(3-11)1-2-5(12)13-6;2*8-7(9,10)5-3(6(13)14)1-2-4(11)12-5;7-3-1-2-4(11)12-5(3)6(8,9)10/h5-9,13H,3-4,10-12,14H2,1-2H3,(H,32,34);3-6H,7H2,1-2H3,(H,18,19);2*3-4H,1-2,5-6H2,(H2,15,16);1-2H,(H2,12,13);2*1-2H,(H2,11,12)(H,13,14);1-2H,(H2,11,12). The molecule has 2 aromatic carbocycles. The second kappa shape index (κ2) is 49.1. The molecule has 0 aliphatic carbocycles. The van der Waals surface area contributed by atoms with Gasteiger partial charge in [-0.05, 0) is 176 Å². The molecule has 59 heteroatoms. The number of anilines is 10. The number of carboxylic acid groups (broad SMARTS) is 2. The number of alkyl halides is 21. The molecule has 150 heavy (non-hydrogen) atoms. The summed E-state index contributed by atoms with van der Waals surface area (Å²) in [4.78, 5) is 121. The van der Waals surface area contributed by atoms with Gasteiger partial charge in [-0.1, -0.05) is 46.9 Å². The number of aromatic nitrogens is 9. The van der Waals surface area contributed by atoms with Crippen molar-refractivity contribution in [3.63, 3.8) is 0 Å². The highest BCUT2D eigenvalue weighted by atomic mass is 79.9. The Hall–Kier alpha value is -15.6. The molecule has 16 N–H and O–H groups in total. The third-order valence-corrected chi connectivity index (χ3v) is 22.5. The third kappa shape index (κ3) is 30.8. The van der Waals surface area contributed by atoms with Crippen molar-refractivity contribution >= 4 is 150 Å². The number of hydrogen-bond donors (Lipinski definition) is 10. The zero-order valence-corrected chi connectivity index (χ0v) is 81.4. The van der Waals surface area contributed by atoms with Crippen LogP contribution < -0.4 is 54.5 Å². The first-order valence-electron chi connectivity index (χ1n) is 42.8. The number of methoxy groups -OCH3 is 2. The lowest BCUT2D eigenvalue weighted by atomic mass is 10.1. The molecule has 5 aliphatic heterocycles. The van der Waals surface area contributed by atoms with E-state index in [9.17, 15) is 126 Å². The Morgan fingerprint density at radius 1 is 0.387 bits per heavy atom. The van der Waals surface area contributed by atoms with Gasteiger partial charge in [0.2, 0.25) is 0 Å². The van der Waals surface area contributed by atoms with Crippen LogP contribution in [-0.2, 0) is 62.7 Å². The first-order chi connectivity index (χ1) is 69.9. The van der Waals surface area contributed by atoms with Crippen LogP contribution in [0.25, 0.3) is 0 Å². The summed E-state index contributed by atoms with van der Waals surface area (Å²) in [5.74, 6) is -6.42. The third-order valence-electron chi connectivity index (χ3n) is 21.1. The number of halogens is 25. The highest BCUT2D eigenvalue weighted by Gasteiger charge is 2.45. The maximum absolute atomic E-state index is 14.0. The van der Waals surface area contributed by atoms with Crippen LogP contribution in [0, 0.1) is 11.3 Å². The molecule has 0 atom stereocenters. The molecule has 14 heterocycles. The molecule has 9 aromatic heterocycles. The quantitative estimate of drug-likeness (QED) is 0.0378. The van der Waals surface area contributed by atoms with Crippen molar-refractivity contribution in [2.75, 3.05) is 113 Å². The van der Waals surface area contributed by atoms with Crippen LogP contribution in [0.3, 0.4) is 0 Å². The normalized spacial score (nSPS) is 13.7. The average Bonchev–Trinajstić information content (AvgIpc) is 1.67. The Bertz CT molecular complexity index is 6730. The van der Waals surface area contributed by atoms with Crippen LogP contribution in [0.15, 0.2) is 138 Å². The molecule has 0 spiro atoms. The summed E-state index contributed by atoms with van der Waals surface area (Å²) >= 11 is 21.2. The minimum atomic E-state index is -4.82. The fourth-order valence-electron chi connectivity index (χ4n) is 14.4. The number of pyridine rings is 9. The van der Waals surface area contributed by atoms with Crippen molar-refractivity contribution in [2.24, 2.45) is 0 Å². The number of benzene rings is 2. The van der Waals surface area contributed by atoms with Gasteiger partial charge in [-0.2, -0.15) is 97.5 Å². The van der Waals surface area contributed by atoms with E-state index in [1.54, 1.807) is 61.5 Å². The van der Waals surface area contributed by atoms with E-state index in [4.69, 9.17) is 94.2 Å². The van der Waals surface area contributed by atoms with Crippen molar-refractivity contribution in [3.8, 4) is 17.6 Å². The summed E-state index contributed by atoms with van der Waals surface area (Å²) < 4.78 is 275. The van der Waals surface area contributed by atoms with Gasteiger partial charge in [0.1, 0.15) is 46.1 Å². The fraction of sp³-hybridized carbons (Fsp3) is 0.286. The lowest BCUT2D eigenvalue weighted by molar-refractivity contribution is -0.142. The number of aromatic carboxylic acids is 2. The van der Waals surface area contributed by atoms with Gasteiger partial charge in [0.15, 0.2) is 51.4 Å². The van der Waals surface area contributed by atoms with Gasteiger partial charge in [-0.25, -0.2) is 49.5 Å². The second-order valence-corrected chi connectivity index (χ2v) is 33.9. The maximum Gasteiger partial charge on any atom is 0.434 e. The summed E-state index contributed by atoms with van der Waals surface area (Å²) in [5.41, 5.74) is 22.9. The van der Waals surface area contributed by atoms with Crippen LogP contribution in [-0.4, -0.2) is 189 Å².